The number of benzene rings is 2. The zero-order chi connectivity index (χ0) is 22.1. The lowest BCUT2D eigenvalue weighted by atomic mass is 10.2. The Morgan fingerprint density at radius 2 is 1.80 bits per heavy atom. The molecule has 2 aromatic carbocycles. The third kappa shape index (κ3) is 7.24. The van der Waals surface area contributed by atoms with E-state index in [0.29, 0.717) is 24.3 Å². The van der Waals surface area contributed by atoms with E-state index >= 15 is 0 Å². The lowest BCUT2D eigenvalue weighted by Crippen LogP contribution is -2.25. The van der Waals surface area contributed by atoms with Crippen LogP contribution >= 0.6 is 22.6 Å². The second kappa shape index (κ2) is 11.7. The van der Waals surface area contributed by atoms with Crippen LogP contribution in [0.2, 0.25) is 0 Å². The van der Waals surface area contributed by atoms with Crippen molar-refractivity contribution in [2.24, 2.45) is 0 Å². The number of hydrogen-bond acceptors (Lipinski definition) is 6. The zero-order valence-corrected chi connectivity index (χ0v) is 20.4. The molecule has 0 unspecified atom stereocenters. The number of unbranched alkanes of at least 4 members (excludes halogenated alkanes) is 1. The summed E-state index contributed by atoms with van der Waals surface area (Å²) in [6.07, 6.45) is 1.67. The van der Waals surface area contributed by atoms with Gasteiger partial charge in [-0.05, 0) is 73.2 Å². The summed E-state index contributed by atoms with van der Waals surface area (Å²) in [5, 5.41) is 0. The van der Waals surface area contributed by atoms with Crippen molar-refractivity contribution in [1.82, 2.24) is 0 Å². The minimum absolute atomic E-state index is 0.0832. The van der Waals surface area contributed by atoms with Crippen molar-refractivity contribution < 1.29 is 26.9 Å². The molecule has 0 bridgehead atoms. The first kappa shape index (κ1) is 24.6. The maximum Gasteiger partial charge on any atom is 0.338 e. The van der Waals surface area contributed by atoms with Crippen LogP contribution in [-0.2, 0) is 19.0 Å². The van der Waals surface area contributed by atoms with Gasteiger partial charge < -0.3 is 9.47 Å². The topological polar surface area (TPSA) is 78.9 Å². The lowest BCUT2D eigenvalue weighted by molar-refractivity contribution is 0.0526. The third-order valence-corrected chi connectivity index (χ3v) is 6.54. The van der Waals surface area contributed by atoms with Crippen molar-refractivity contribution >= 4 is 38.7 Å². The van der Waals surface area contributed by atoms with Crippen molar-refractivity contribution in [2.75, 3.05) is 13.2 Å². The molecule has 8 heteroatoms. The van der Waals surface area contributed by atoms with Crippen LogP contribution in [0.15, 0.2) is 47.4 Å². The van der Waals surface area contributed by atoms with Gasteiger partial charge in [0.2, 0.25) is 0 Å². The Balaban J connectivity index is 2.09. The standard InChI is InChI=1S/C22H27IO6S/c1-4-6-7-18(29-30(25,26)19-11-8-16(3)9-12-19)15-28-21-13-10-17(14-20(21)23)22(24)27-5-2/h8-14,18H,4-7,15H2,1-3H3/t18-/m0/s1. The summed E-state index contributed by atoms with van der Waals surface area (Å²) in [6.45, 7) is 6.06. The molecule has 0 radical (unpaired) electrons. The summed E-state index contributed by atoms with van der Waals surface area (Å²) in [6, 6.07) is 11.5. The molecule has 0 aliphatic heterocycles. The molecular weight excluding hydrogens is 519 g/mol. The Hall–Kier alpha value is -1.65. The summed E-state index contributed by atoms with van der Waals surface area (Å²) in [4.78, 5) is 12.0. The van der Waals surface area contributed by atoms with Crippen LogP contribution in [0, 0.1) is 10.5 Å². The summed E-state index contributed by atoms with van der Waals surface area (Å²) in [7, 11) is -3.89. The molecule has 0 aliphatic rings. The third-order valence-electron chi connectivity index (χ3n) is 4.32. The minimum Gasteiger partial charge on any atom is -0.490 e. The van der Waals surface area contributed by atoms with Crippen LogP contribution in [0.1, 0.15) is 49.0 Å². The van der Waals surface area contributed by atoms with Crippen molar-refractivity contribution in [1.29, 1.82) is 0 Å². The fourth-order valence-corrected chi connectivity index (χ4v) is 4.43. The van der Waals surface area contributed by atoms with Gasteiger partial charge in [-0.15, -0.1) is 0 Å². The predicted octanol–water partition coefficient (Wildman–Crippen LogP) is 5.12. The van der Waals surface area contributed by atoms with Gasteiger partial charge in [0.25, 0.3) is 10.1 Å². The molecule has 6 nitrogen and oxygen atoms in total. The quantitative estimate of drug-likeness (QED) is 0.221. The molecule has 0 fully saturated rings. The smallest absolute Gasteiger partial charge is 0.338 e. The molecule has 30 heavy (non-hydrogen) atoms. The van der Waals surface area contributed by atoms with E-state index in [2.05, 4.69) is 22.6 Å². The van der Waals surface area contributed by atoms with Gasteiger partial charge in [0.15, 0.2) is 0 Å². The fourth-order valence-electron chi connectivity index (χ4n) is 2.67. The van der Waals surface area contributed by atoms with Gasteiger partial charge in [0.1, 0.15) is 18.5 Å². The normalized spacial score (nSPS) is 12.4. The monoisotopic (exact) mass is 546 g/mol. The van der Waals surface area contributed by atoms with Crippen molar-refractivity contribution in [3.63, 3.8) is 0 Å². The SMILES string of the molecule is CCCC[C@@H](COc1ccc(C(=O)OCC)cc1I)OS(=O)(=O)c1ccc(C)cc1. The summed E-state index contributed by atoms with van der Waals surface area (Å²) in [5.74, 6) is 0.164. The number of esters is 1. The molecule has 0 N–H and O–H groups in total. The number of rotatable bonds is 11. The first-order valence-corrected chi connectivity index (χ1v) is 12.3. The Morgan fingerprint density at radius 3 is 2.40 bits per heavy atom. The second-order valence-corrected chi connectivity index (χ2v) is 9.54. The van der Waals surface area contributed by atoms with E-state index in [-0.39, 0.29) is 11.5 Å². The number of ether oxygens (including phenoxy) is 2. The Labute approximate surface area is 192 Å². The van der Waals surface area contributed by atoms with Gasteiger partial charge in [0, 0.05) is 0 Å². The highest BCUT2D eigenvalue weighted by Crippen LogP contribution is 2.24. The van der Waals surface area contributed by atoms with Crippen LogP contribution in [0.25, 0.3) is 0 Å². The summed E-state index contributed by atoms with van der Waals surface area (Å²) in [5.41, 5.74) is 1.41. The van der Waals surface area contributed by atoms with E-state index in [9.17, 15) is 13.2 Å². The van der Waals surface area contributed by atoms with E-state index in [1.807, 2.05) is 13.8 Å². The van der Waals surface area contributed by atoms with Crippen molar-refractivity contribution in [2.45, 2.75) is 51.0 Å². The number of carbonyl (C=O) groups excluding carboxylic acids is 1. The van der Waals surface area contributed by atoms with E-state index in [4.69, 9.17) is 13.7 Å². The summed E-state index contributed by atoms with van der Waals surface area (Å²) < 4.78 is 42.4. The molecule has 0 spiro atoms. The Bertz CT molecular complexity index is 941. The molecule has 1 atom stereocenters. The molecule has 0 saturated carbocycles. The number of halogens is 1. The van der Waals surface area contributed by atoms with Gasteiger partial charge in [-0.1, -0.05) is 37.5 Å². The van der Waals surface area contributed by atoms with Crippen LogP contribution in [-0.4, -0.2) is 33.7 Å². The second-order valence-electron chi connectivity index (χ2n) is 6.80. The highest BCUT2D eigenvalue weighted by molar-refractivity contribution is 14.1. The van der Waals surface area contributed by atoms with Crippen molar-refractivity contribution in [3.8, 4) is 5.75 Å². The van der Waals surface area contributed by atoms with Crippen LogP contribution in [0.5, 0.6) is 5.75 Å². The largest absolute Gasteiger partial charge is 0.490 e. The first-order chi connectivity index (χ1) is 14.3. The van der Waals surface area contributed by atoms with Crippen molar-refractivity contribution in [3.05, 3.63) is 57.2 Å². The van der Waals surface area contributed by atoms with Crippen LogP contribution in [0.4, 0.5) is 0 Å². The molecule has 0 saturated heterocycles. The highest BCUT2D eigenvalue weighted by Gasteiger charge is 2.23. The predicted molar refractivity (Wildman–Crippen MR) is 123 cm³/mol. The van der Waals surface area contributed by atoms with Gasteiger partial charge in [-0.2, -0.15) is 8.42 Å². The minimum atomic E-state index is -3.89. The lowest BCUT2D eigenvalue weighted by Gasteiger charge is -2.19. The van der Waals surface area contributed by atoms with Crippen LogP contribution < -0.4 is 4.74 Å². The Kier molecular flexibility index (Phi) is 9.57. The first-order valence-electron chi connectivity index (χ1n) is 9.86. The fraction of sp³-hybridized carbons (Fsp3) is 0.409. The number of hydrogen-bond donors (Lipinski definition) is 0. The average Bonchev–Trinajstić information content (AvgIpc) is 2.71. The molecule has 2 aromatic rings. The van der Waals surface area contributed by atoms with E-state index in [1.54, 1.807) is 49.4 Å². The van der Waals surface area contributed by atoms with E-state index in [0.717, 1.165) is 22.0 Å². The molecule has 164 valence electrons. The van der Waals surface area contributed by atoms with Gasteiger partial charge in [0.05, 0.1) is 20.6 Å². The maximum atomic E-state index is 12.6. The van der Waals surface area contributed by atoms with E-state index < -0.39 is 22.2 Å². The average molecular weight is 546 g/mol. The molecule has 0 amide bonds. The maximum absolute atomic E-state index is 12.6. The molecule has 0 aliphatic carbocycles. The van der Waals surface area contributed by atoms with Crippen LogP contribution in [0.3, 0.4) is 0 Å². The summed E-state index contributed by atoms with van der Waals surface area (Å²) >= 11 is 2.07. The molecule has 2 rings (SSSR count). The molecular formula is C22H27IO6S. The van der Waals surface area contributed by atoms with Gasteiger partial charge >= 0.3 is 5.97 Å². The molecule has 0 aromatic heterocycles. The number of aryl methyl sites for hydroxylation is 1. The van der Waals surface area contributed by atoms with Gasteiger partial charge in [-0.3, -0.25) is 4.18 Å². The highest BCUT2D eigenvalue weighted by atomic mass is 127. The number of carbonyl (C=O) groups is 1. The van der Waals surface area contributed by atoms with E-state index in [1.165, 1.54) is 0 Å². The zero-order valence-electron chi connectivity index (χ0n) is 17.4. The van der Waals surface area contributed by atoms with Gasteiger partial charge in [-0.25, -0.2) is 4.79 Å². The Morgan fingerprint density at radius 1 is 1.10 bits per heavy atom. The molecule has 0 heterocycles.